The monoisotopic (exact) mass is 337 g/mol. The Morgan fingerprint density at radius 2 is 1.88 bits per heavy atom. The van der Waals surface area contributed by atoms with Crippen LogP contribution in [0.5, 0.6) is 11.5 Å². The lowest BCUT2D eigenvalue weighted by Gasteiger charge is -2.20. The standard InChI is InChI=1S/C17H27N3O4/c1-11(2)20-9-13(16(10-20)24-5)19-17(21)18-12-6-7-14(22-3)15(8-12)23-4/h6-8,11,13,16H,9-10H2,1-5H3,(H2,18,19,21)/t13-,16-/m0/s1. The van der Waals surface area contributed by atoms with Gasteiger partial charge in [0.15, 0.2) is 11.5 Å². The summed E-state index contributed by atoms with van der Waals surface area (Å²) in [6.45, 7) is 5.86. The molecule has 1 aromatic carbocycles. The van der Waals surface area contributed by atoms with Crippen molar-refractivity contribution in [2.45, 2.75) is 32.0 Å². The van der Waals surface area contributed by atoms with E-state index in [4.69, 9.17) is 14.2 Å². The molecule has 1 saturated heterocycles. The number of hydrogen-bond acceptors (Lipinski definition) is 5. The molecule has 0 radical (unpaired) electrons. The molecule has 0 saturated carbocycles. The van der Waals surface area contributed by atoms with E-state index in [2.05, 4.69) is 29.4 Å². The molecule has 134 valence electrons. The van der Waals surface area contributed by atoms with Gasteiger partial charge in [-0.2, -0.15) is 0 Å². The number of nitrogens with one attached hydrogen (secondary N) is 2. The zero-order valence-electron chi connectivity index (χ0n) is 15.0. The van der Waals surface area contributed by atoms with Gasteiger partial charge in [0.25, 0.3) is 0 Å². The topological polar surface area (TPSA) is 72.1 Å². The van der Waals surface area contributed by atoms with Crippen LogP contribution < -0.4 is 20.1 Å². The van der Waals surface area contributed by atoms with Crippen LogP contribution in [0.2, 0.25) is 0 Å². The Balaban J connectivity index is 1.98. The van der Waals surface area contributed by atoms with Gasteiger partial charge < -0.3 is 24.8 Å². The van der Waals surface area contributed by atoms with Crippen LogP contribution in [0.1, 0.15) is 13.8 Å². The highest BCUT2D eigenvalue weighted by molar-refractivity contribution is 5.90. The number of ether oxygens (including phenoxy) is 3. The number of benzene rings is 1. The molecule has 0 aromatic heterocycles. The lowest BCUT2D eigenvalue weighted by Crippen LogP contribution is -2.45. The molecule has 1 fully saturated rings. The maximum atomic E-state index is 12.3. The highest BCUT2D eigenvalue weighted by Gasteiger charge is 2.34. The van der Waals surface area contributed by atoms with Gasteiger partial charge in [0.1, 0.15) is 0 Å². The van der Waals surface area contributed by atoms with Crippen LogP contribution >= 0.6 is 0 Å². The molecule has 0 bridgehead atoms. The number of nitrogens with zero attached hydrogens (tertiary/aromatic N) is 1. The van der Waals surface area contributed by atoms with Crippen molar-refractivity contribution in [2.24, 2.45) is 0 Å². The van der Waals surface area contributed by atoms with Crippen LogP contribution in [0.15, 0.2) is 18.2 Å². The molecule has 2 N–H and O–H groups in total. The number of carbonyl (C=O) groups excluding carboxylic acids is 1. The first kappa shape index (κ1) is 18.4. The Labute approximate surface area is 143 Å². The Morgan fingerprint density at radius 1 is 1.17 bits per heavy atom. The molecular formula is C17H27N3O4. The van der Waals surface area contributed by atoms with Gasteiger partial charge >= 0.3 is 6.03 Å². The van der Waals surface area contributed by atoms with Crippen LogP contribution in [0, 0.1) is 0 Å². The summed E-state index contributed by atoms with van der Waals surface area (Å²) in [5.74, 6) is 1.18. The van der Waals surface area contributed by atoms with E-state index in [1.807, 2.05) is 0 Å². The average molecular weight is 337 g/mol. The predicted octanol–water partition coefficient (Wildman–Crippen LogP) is 1.93. The smallest absolute Gasteiger partial charge is 0.319 e. The van der Waals surface area contributed by atoms with Crippen LogP contribution in [0.25, 0.3) is 0 Å². The third-order valence-electron chi connectivity index (χ3n) is 4.29. The molecule has 1 aliphatic heterocycles. The molecule has 0 aliphatic carbocycles. The van der Waals surface area contributed by atoms with Crippen LogP contribution in [0.4, 0.5) is 10.5 Å². The normalized spacial score (nSPS) is 20.9. The Hall–Kier alpha value is -1.99. The molecule has 1 aliphatic rings. The Kier molecular flexibility index (Phi) is 6.28. The average Bonchev–Trinajstić information content (AvgIpc) is 2.97. The van der Waals surface area contributed by atoms with Gasteiger partial charge in [0.05, 0.1) is 26.4 Å². The fraction of sp³-hybridized carbons (Fsp3) is 0.588. The highest BCUT2D eigenvalue weighted by Crippen LogP contribution is 2.29. The van der Waals surface area contributed by atoms with Crippen molar-refractivity contribution in [2.75, 3.05) is 39.7 Å². The molecule has 0 spiro atoms. The Bertz CT molecular complexity index is 565. The molecule has 24 heavy (non-hydrogen) atoms. The van der Waals surface area contributed by atoms with Crippen LogP contribution in [0.3, 0.4) is 0 Å². The van der Waals surface area contributed by atoms with Gasteiger partial charge in [-0.05, 0) is 26.0 Å². The molecule has 0 unspecified atom stereocenters. The van der Waals surface area contributed by atoms with Crippen molar-refractivity contribution in [3.63, 3.8) is 0 Å². The van der Waals surface area contributed by atoms with Gasteiger partial charge in [0.2, 0.25) is 0 Å². The minimum absolute atomic E-state index is 0.0106. The van der Waals surface area contributed by atoms with E-state index in [-0.39, 0.29) is 18.2 Å². The van der Waals surface area contributed by atoms with Crippen molar-refractivity contribution in [3.8, 4) is 11.5 Å². The quantitative estimate of drug-likeness (QED) is 0.830. The predicted molar refractivity (Wildman–Crippen MR) is 93.0 cm³/mol. The zero-order chi connectivity index (χ0) is 17.7. The molecule has 7 heteroatoms. The van der Waals surface area contributed by atoms with Crippen LogP contribution in [-0.2, 0) is 4.74 Å². The maximum absolute atomic E-state index is 12.3. The number of anilines is 1. The minimum atomic E-state index is -0.264. The third-order valence-corrected chi connectivity index (χ3v) is 4.29. The van der Waals surface area contributed by atoms with E-state index < -0.39 is 0 Å². The van der Waals surface area contributed by atoms with Gasteiger partial charge in [-0.15, -0.1) is 0 Å². The van der Waals surface area contributed by atoms with Crippen molar-refractivity contribution < 1.29 is 19.0 Å². The molecule has 2 amide bonds. The third kappa shape index (κ3) is 4.30. The van der Waals surface area contributed by atoms with E-state index in [9.17, 15) is 4.79 Å². The van der Waals surface area contributed by atoms with Gasteiger partial charge in [-0.3, -0.25) is 4.90 Å². The molecule has 1 aromatic rings. The van der Waals surface area contributed by atoms with Crippen molar-refractivity contribution in [1.82, 2.24) is 10.2 Å². The summed E-state index contributed by atoms with van der Waals surface area (Å²) in [5.41, 5.74) is 0.637. The number of methoxy groups -OCH3 is 3. The lowest BCUT2D eigenvalue weighted by molar-refractivity contribution is 0.0896. The first-order valence-electron chi connectivity index (χ1n) is 8.04. The first-order chi connectivity index (χ1) is 11.5. The van der Waals surface area contributed by atoms with E-state index in [1.165, 1.54) is 0 Å². The van der Waals surface area contributed by atoms with Crippen molar-refractivity contribution in [1.29, 1.82) is 0 Å². The number of rotatable bonds is 6. The fourth-order valence-electron chi connectivity index (χ4n) is 2.85. The molecular weight excluding hydrogens is 310 g/mol. The second kappa shape index (κ2) is 8.21. The Morgan fingerprint density at radius 3 is 2.46 bits per heavy atom. The minimum Gasteiger partial charge on any atom is -0.493 e. The molecule has 2 atom stereocenters. The second-order valence-corrected chi connectivity index (χ2v) is 6.10. The highest BCUT2D eigenvalue weighted by atomic mass is 16.5. The number of likely N-dealkylation sites (tertiary alicyclic amines) is 1. The van der Waals surface area contributed by atoms with Gasteiger partial charge in [-0.1, -0.05) is 0 Å². The summed E-state index contributed by atoms with van der Waals surface area (Å²) in [6, 6.07) is 5.36. The zero-order valence-corrected chi connectivity index (χ0v) is 15.0. The number of carbonyl (C=O) groups is 1. The van der Waals surface area contributed by atoms with Crippen molar-refractivity contribution in [3.05, 3.63) is 18.2 Å². The van der Waals surface area contributed by atoms with E-state index in [1.54, 1.807) is 39.5 Å². The number of urea groups is 1. The van der Waals surface area contributed by atoms with Gasteiger partial charge in [0, 0.05) is 38.0 Å². The lowest BCUT2D eigenvalue weighted by atomic mass is 10.2. The van der Waals surface area contributed by atoms with E-state index in [0.29, 0.717) is 23.2 Å². The van der Waals surface area contributed by atoms with Crippen molar-refractivity contribution >= 4 is 11.7 Å². The summed E-state index contributed by atoms with van der Waals surface area (Å²) in [6.07, 6.45) is -0.0106. The SMILES string of the molecule is COc1ccc(NC(=O)N[C@H]2CN(C(C)C)C[C@@H]2OC)cc1OC. The molecule has 2 rings (SSSR count). The molecule has 1 heterocycles. The summed E-state index contributed by atoms with van der Waals surface area (Å²) in [7, 11) is 4.81. The summed E-state index contributed by atoms with van der Waals surface area (Å²) in [4.78, 5) is 14.6. The van der Waals surface area contributed by atoms with E-state index >= 15 is 0 Å². The first-order valence-corrected chi connectivity index (χ1v) is 8.04. The van der Waals surface area contributed by atoms with Gasteiger partial charge in [-0.25, -0.2) is 4.79 Å². The molecule has 7 nitrogen and oxygen atoms in total. The maximum Gasteiger partial charge on any atom is 0.319 e. The summed E-state index contributed by atoms with van der Waals surface area (Å²) >= 11 is 0. The van der Waals surface area contributed by atoms with Crippen LogP contribution in [-0.4, -0.2) is 63.5 Å². The largest absolute Gasteiger partial charge is 0.493 e. The van der Waals surface area contributed by atoms with E-state index in [0.717, 1.165) is 13.1 Å². The fourth-order valence-corrected chi connectivity index (χ4v) is 2.85. The number of hydrogen-bond donors (Lipinski definition) is 2. The summed E-state index contributed by atoms with van der Waals surface area (Å²) < 4.78 is 15.9. The summed E-state index contributed by atoms with van der Waals surface area (Å²) in [5, 5.41) is 5.81. The number of amides is 2. The second-order valence-electron chi connectivity index (χ2n) is 6.10.